The number of nitrogens with zero attached hydrogens (tertiary/aromatic N) is 2. The van der Waals surface area contributed by atoms with Crippen molar-refractivity contribution in [1.82, 2.24) is 9.47 Å². The van der Waals surface area contributed by atoms with Crippen molar-refractivity contribution in [3.05, 3.63) is 42.5 Å². The van der Waals surface area contributed by atoms with E-state index in [9.17, 15) is 5.11 Å². The molecule has 152 valence electrons. The largest absolute Gasteiger partial charge is 0.490 e. The first-order valence-corrected chi connectivity index (χ1v) is 10.6. The zero-order chi connectivity index (χ0) is 19.9. The number of aliphatic hydroxyl groups excluding tert-OH is 1. The van der Waals surface area contributed by atoms with Crippen LogP contribution in [0.4, 0.5) is 0 Å². The monoisotopic (exact) mass is 382 g/mol. The fourth-order valence-electron chi connectivity index (χ4n) is 3.96. The van der Waals surface area contributed by atoms with Crippen LogP contribution in [0.2, 0.25) is 0 Å². The summed E-state index contributed by atoms with van der Waals surface area (Å²) in [6.07, 6.45) is 5.87. The molecule has 1 unspecified atom stereocenters. The average Bonchev–Trinajstić information content (AvgIpc) is 3.00. The molecule has 1 aromatic heterocycles. The van der Waals surface area contributed by atoms with Crippen LogP contribution in [0.1, 0.15) is 39.0 Å². The normalized spacial score (nSPS) is 12.9. The predicted molar refractivity (Wildman–Crippen MR) is 118 cm³/mol. The highest BCUT2D eigenvalue weighted by molar-refractivity contribution is 6.11. The molecule has 0 radical (unpaired) electrons. The molecule has 28 heavy (non-hydrogen) atoms. The Balaban J connectivity index is 1.87. The lowest BCUT2D eigenvalue weighted by Gasteiger charge is -2.17. The Kier molecular flexibility index (Phi) is 7.35. The van der Waals surface area contributed by atoms with E-state index in [1.165, 1.54) is 48.5 Å². The number of fused-ring (bicyclic) bond motifs is 3. The average molecular weight is 383 g/mol. The molecule has 2 aromatic carbocycles. The number of likely N-dealkylation sites (N-methyl/N-ethyl adjacent to an activating group) is 1. The highest BCUT2D eigenvalue weighted by atomic mass is 16.5. The maximum absolute atomic E-state index is 10.2. The van der Waals surface area contributed by atoms with Crippen LogP contribution in [0.3, 0.4) is 0 Å². The summed E-state index contributed by atoms with van der Waals surface area (Å²) < 4.78 is 8.50. The molecular formula is C24H34N2O2. The van der Waals surface area contributed by atoms with Gasteiger partial charge >= 0.3 is 0 Å². The molecule has 1 N–H and O–H groups in total. The Bertz CT molecular complexity index is 885. The number of benzene rings is 2. The van der Waals surface area contributed by atoms with Crippen LogP contribution in [0.25, 0.3) is 21.8 Å². The number of ether oxygens (including phenoxy) is 1. The van der Waals surface area contributed by atoms with Crippen molar-refractivity contribution < 1.29 is 9.84 Å². The van der Waals surface area contributed by atoms with Gasteiger partial charge in [-0.2, -0.15) is 0 Å². The van der Waals surface area contributed by atoms with Gasteiger partial charge in [-0.1, -0.05) is 56.9 Å². The van der Waals surface area contributed by atoms with Gasteiger partial charge in [-0.3, -0.25) is 0 Å². The summed E-state index contributed by atoms with van der Waals surface area (Å²) in [5.41, 5.74) is 2.48. The first-order chi connectivity index (χ1) is 13.6. The fourth-order valence-corrected chi connectivity index (χ4v) is 3.96. The lowest BCUT2D eigenvalue weighted by atomic mass is 10.1. The van der Waals surface area contributed by atoms with Crippen molar-refractivity contribution in [3.63, 3.8) is 0 Å². The Morgan fingerprint density at radius 3 is 2.50 bits per heavy atom. The van der Waals surface area contributed by atoms with Crippen molar-refractivity contribution in [2.75, 3.05) is 27.2 Å². The van der Waals surface area contributed by atoms with E-state index in [1.807, 2.05) is 25.1 Å². The van der Waals surface area contributed by atoms with Crippen molar-refractivity contribution in [3.8, 4) is 5.75 Å². The molecule has 1 heterocycles. The van der Waals surface area contributed by atoms with Crippen molar-refractivity contribution in [2.24, 2.45) is 0 Å². The highest BCUT2D eigenvalue weighted by Gasteiger charge is 2.15. The predicted octanol–water partition coefficient (Wildman–Crippen LogP) is 5.07. The van der Waals surface area contributed by atoms with E-state index >= 15 is 0 Å². The van der Waals surface area contributed by atoms with E-state index in [0.29, 0.717) is 13.2 Å². The first-order valence-electron chi connectivity index (χ1n) is 10.6. The van der Waals surface area contributed by atoms with Crippen LogP contribution in [0, 0.1) is 0 Å². The van der Waals surface area contributed by atoms with Gasteiger partial charge in [0.05, 0.1) is 5.52 Å². The number of unbranched alkanes of at least 4 members (excludes halogenated alkanes) is 4. The smallest absolute Gasteiger partial charge is 0.129 e. The maximum atomic E-state index is 10.2. The molecule has 0 aliphatic carbocycles. The highest BCUT2D eigenvalue weighted by Crippen LogP contribution is 2.36. The van der Waals surface area contributed by atoms with Gasteiger partial charge in [0.1, 0.15) is 18.5 Å². The molecule has 0 aliphatic rings. The van der Waals surface area contributed by atoms with Gasteiger partial charge in [0.15, 0.2) is 0 Å². The molecule has 0 saturated heterocycles. The Hall–Kier alpha value is -2.04. The third-order valence-electron chi connectivity index (χ3n) is 5.25. The molecule has 4 nitrogen and oxygen atoms in total. The minimum atomic E-state index is -0.503. The Labute approximate surface area is 168 Å². The molecule has 0 spiro atoms. The molecule has 4 heteroatoms. The topological polar surface area (TPSA) is 37.6 Å². The van der Waals surface area contributed by atoms with Crippen LogP contribution >= 0.6 is 0 Å². The summed E-state index contributed by atoms with van der Waals surface area (Å²) in [4.78, 5) is 1.97. The molecule has 0 aliphatic heterocycles. The summed E-state index contributed by atoms with van der Waals surface area (Å²) in [7, 11) is 3.91. The summed E-state index contributed by atoms with van der Waals surface area (Å²) in [5.74, 6) is 0.858. The maximum Gasteiger partial charge on any atom is 0.129 e. The van der Waals surface area contributed by atoms with E-state index in [2.05, 4.69) is 47.9 Å². The van der Waals surface area contributed by atoms with Crippen LogP contribution in [0.15, 0.2) is 42.5 Å². The summed E-state index contributed by atoms with van der Waals surface area (Å²) in [6.45, 7) is 4.17. The van der Waals surface area contributed by atoms with E-state index in [1.54, 1.807) is 0 Å². The zero-order valence-corrected chi connectivity index (χ0v) is 17.5. The number of aryl methyl sites for hydroxylation is 1. The number of rotatable bonds is 11. The minimum absolute atomic E-state index is 0.299. The van der Waals surface area contributed by atoms with Crippen molar-refractivity contribution >= 4 is 21.8 Å². The molecule has 1 atom stereocenters. The van der Waals surface area contributed by atoms with Gasteiger partial charge in [-0.15, -0.1) is 0 Å². The van der Waals surface area contributed by atoms with Gasteiger partial charge in [-0.25, -0.2) is 0 Å². The van der Waals surface area contributed by atoms with Crippen molar-refractivity contribution in [1.29, 1.82) is 0 Å². The number of aromatic nitrogens is 1. The van der Waals surface area contributed by atoms with Crippen LogP contribution < -0.4 is 4.74 Å². The van der Waals surface area contributed by atoms with Crippen molar-refractivity contribution in [2.45, 2.75) is 51.7 Å². The first kappa shape index (κ1) is 20.7. The van der Waals surface area contributed by atoms with Gasteiger partial charge in [0.2, 0.25) is 0 Å². The second kappa shape index (κ2) is 9.94. The fraction of sp³-hybridized carbons (Fsp3) is 0.500. The summed E-state index contributed by atoms with van der Waals surface area (Å²) in [5, 5.41) is 12.6. The standard InChI is InChI=1S/C24H34N2O2/c1-4-5-6-7-10-16-26-21-13-9-8-12-20(21)24-22(26)14-11-15-23(24)28-18-19(27)17-25(2)3/h8-9,11-15,19,27H,4-7,10,16-18H2,1-3H3. The Morgan fingerprint density at radius 1 is 0.964 bits per heavy atom. The second-order valence-electron chi connectivity index (χ2n) is 7.96. The molecular weight excluding hydrogens is 348 g/mol. The van der Waals surface area contributed by atoms with E-state index in [4.69, 9.17) is 4.74 Å². The summed E-state index contributed by atoms with van der Waals surface area (Å²) in [6, 6.07) is 14.8. The Morgan fingerprint density at radius 2 is 1.71 bits per heavy atom. The third kappa shape index (κ3) is 4.86. The van der Waals surface area contributed by atoms with Crippen LogP contribution in [-0.4, -0.2) is 47.9 Å². The van der Waals surface area contributed by atoms with Crippen LogP contribution in [0.5, 0.6) is 5.75 Å². The van der Waals surface area contributed by atoms with Gasteiger partial charge < -0.3 is 19.3 Å². The summed E-state index contributed by atoms with van der Waals surface area (Å²) >= 11 is 0. The second-order valence-corrected chi connectivity index (χ2v) is 7.96. The minimum Gasteiger partial charge on any atom is -0.490 e. The number of hydrogen-bond donors (Lipinski definition) is 1. The molecule has 0 amide bonds. The van der Waals surface area contributed by atoms with Crippen LogP contribution in [-0.2, 0) is 6.54 Å². The van der Waals surface area contributed by atoms with Gasteiger partial charge in [0, 0.05) is 29.4 Å². The zero-order valence-electron chi connectivity index (χ0n) is 17.5. The molecule has 0 bridgehead atoms. The van der Waals surface area contributed by atoms with Gasteiger partial charge in [-0.05, 0) is 38.7 Å². The molecule has 3 aromatic rings. The lowest BCUT2D eigenvalue weighted by molar-refractivity contribution is 0.0838. The van der Waals surface area contributed by atoms with E-state index < -0.39 is 6.10 Å². The lowest BCUT2D eigenvalue weighted by Crippen LogP contribution is -2.30. The van der Waals surface area contributed by atoms with Gasteiger partial charge in [0.25, 0.3) is 0 Å². The third-order valence-corrected chi connectivity index (χ3v) is 5.25. The van der Waals surface area contributed by atoms with E-state index in [0.717, 1.165) is 17.7 Å². The van der Waals surface area contributed by atoms with E-state index in [-0.39, 0.29) is 0 Å². The SMILES string of the molecule is CCCCCCCn1c2ccccc2c2c(OCC(O)CN(C)C)cccc21. The molecule has 3 rings (SSSR count). The molecule has 0 saturated carbocycles. The number of hydrogen-bond acceptors (Lipinski definition) is 3. The number of para-hydroxylation sites is 1. The molecule has 0 fully saturated rings. The quantitative estimate of drug-likeness (QED) is 0.471. The number of aliphatic hydroxyl groups is 1.